The van der Waals surface area contributed by atoms with Crippen molar-refractivity contribution in [3.63, 3.8) is 0 Å². The first kappa shape index (κ1) is 19.9. The van der Waals surface area contributed by atoms with Gasteiger partial charge in [-0.05, 0) is 45.4 Å². The van der Waals surface area contributed by atoms with Gasteiger partial charge in [-0.25, -0.2) is 4.79 Å². The fraction of sp³-hybridized carbons (Fsp3) is 0.526. The molecule has 5 nitrogen and oxygen atoms in total. The molecule has 0 fully saturated rings. The molecule has 0 unspecified atom stereocenters. The van der Waals surface area contributed by atoms with Crippen LogP contribution in [0.15, 0.2) is 18.2 Å². The molecule has 0 amide bonds. The number of benzene rings is 1. The number of rotatable bonds is 11. The van der Waals surface area contributed by atoms with Gasteiger partial charge in [-0.3, -0.25) is 0 Å². The van der Waals surface area contributed by atoms with Crippen molar-refractivity contribution in [2.75, 3.05) is 26.4 Å². The minimum absolute atomic E-state index is 0.363. The van der Waals surface area contributed by atoms with E-state index in [0.717, 1.165) is 18.4 Å². The zero-order valence-corrected chi connectivity index (χ0v) is 15.1. The van der Waals surface area contributed by atoms with Gasteiger partial charge in [0, 0.05) is 11.6 Å². The van der Waals surface area contributed by atoms with E-state index in [0.29, 0.717) is 43.7 Å². The van der Waals surface area contributed by atoms with Crippen LogP contribution in [0.25, 0.3) is 6.08 Å². The molecule has 1 aromatic carbocycles. The Morgan fingerprint density at radius 3 is 2.25 bits per heavy atom. The molecule has 0 bridgehead atoms. The molecule has 0 atom stereocenters. The topological polar surface area (TPSA) is 54.0 Å². The molecular weight excluding hydrogens is 308 g/mol. The van der Waals surface area contributed by atoms with Gasteiger partial charge in [-0.2, -0.15) is 0 Å². The summed E-state index contributed by atoms with van der Waals surface area (Å²) in [7, 11) is 0. The highest BCUT2D eigenvalue weighted by molar-refractivity contribution is 5.88. The zero-order valence-electron chi connectivity index (χ0n) is 15.1. The first-order chi connectivity index (χ1) is 11.7. The molecule has 0 aliphatic heterocycles. The standard InChI is InChI=1S/C19H28O5/c1-5-9-14-24-17(20)13-11-15-10-12-16(21-6-2)19(23-8-4)18(15)22-7-3/h10-13H,5-9,14H2,1-4H3. The van der Waals surface area contributed by atoms with Crippen molar-refractivity contribution < 1.29 is 23.7 Å². The number of ether oxygens (including phenoxy) is 4. The van der Waals surface area contributed by atoms with Crippen LogP contribution in [0.2, 0.25) is 0 Å². The molecule has 24 heavy (non-hydrogen) atoms. The summed E-state index contributed by atoms with van der Waals surface area (Å²) < 4.78 is 22.2. The quantitative estimate of drug-likeness (QED) is 0.344. The summed E-state index contributed by atoms with van der Waals surface area (Å²) in [6.07, 6.45) is 4.94. The molecule has 0 aliphatic carbocycles. The summed E-state index contributed by atoms with van der Waals surface area (Å²) in [5.74, 6) is 1.40. The molecular formula is C19H28O5. The van der Waals surface area contributed by atoms with Crippen molar-refractivity contribution in [1.29, 1.82) is 0 Å². The van der Waals surface area contributed by atoms with Crippen molar-refractivity contribution in [3.8, 4) is 17.2 Å². The number of hydrogen-bond donors (Lipinski definition) is 0. The van der Waals surface area contributed by atoms with Gasteiger partial charge in [-0.15, -0.1) is 0 Å². The molecule has 0 aliphatic rings. The molecule has 0 aromatic heterocycles. The second-order valence-electron chi connectivity index (χ2n) is 4.96. The summed E-state index contributed by atoms with van der Waals surface area (Å²) in [6, 6.07) is 3.66. The summed E-state index contributed by atoms with van der Waals surface area (Å²) in [5.41, 5.74) is 0.746. The lowest BCUT2D eigenvalue weighted by Crippen LogP contribution is -2.04. The molecule has 0 N–H and O–H groups in total. The molecule has 1 aromatic rings. The molecule has 0 heterocycles. The van der Waals surface area contributed by atoms with Crippen molar-refractivity contribution >= 4 is 12.0 Å². The van der Waals surface area contributed by atoms with Gasteiger partial charge in [0.05, 0.1) is 26.4 Å². The van der Waals surface area contributed by atoms with E-state index in [4.69, 9.17) is 18.9 Å². The fourth-order valence-corrected chi connectivity index (χ4v) is 2.06. The Labute approximate surface area is 144 Å². The third-order valence-electron chi connectivity index (χ3n) is 3.12. The molecule has 0 radical (unpaired) electrons. The number of carbonyl (C=O) groups excluding carboxylic acids is 1. The van der Waals surface area contributed by atoms with Gasteiger partial charge in [0.1, 0.15) is 0 Å². The summed E-state index contributed by atoms with van der Waals surface area (Å²) >= 11 is 0. The molecule has 1 rings (SSSR count). The van der Waals surface area contributed by atoms with Crippen LogP contribution < -0.4 is 14.2 Å². The minimum Gasteiger partial charge on any atom is -0.490 e. The predicted molar refractivity (Wildman–Crippen MR) is 94.9 cm³/mol. The van der Waals surface area contributed by atoms with E-state index in [1.807, 2.05) is 39.8 Å². The van der Waals surface area contributed by atoms with Gasteiger partial charge in [0.15, 0.2) is 11.5 Å². The van der Waals surface area contributed by atoms with E-state index in [2.05, 4.69) is 0 Å². The van der Waals surface area contributed by atoms with E-state index < -0.39 is 0 Å². The number of carbonyl (C=O) groups is 1. The van der Waals surface area contributed by atoms with Crippen molar-refractivity contribution in [1.82, 2.24) is 0 Å². The highest BCUT2D eigenvalue weighted by Crippen LogP contribution is 2.41. The van der Waals surface area contributed by atoms with Crippen molar-refractivity contribution in [2.45, 2.75) is 40.5 Å². The maximum Gasteiger partial charge on any atom is 0.330 e. The normalized spacial score (nSPS) is 10.7. The smallest absolute Gasteiger partial charge is 0.330 e. The Kier molecular flexibility index (Phi) is 9.42. The van der Waals surface area contributed by atoms with Crippen LogP contribution in [0, 0.1) is 0 Å². The average Bonchev–Trinajstić information content (AvgIpc) is 2.57. The average molecular weight is 336 g/mol. The molecule has 0 spiro atoms. The lowest BCUT2D eigenvalue weighted by molar-refractivity contribution is -0.137. The van der Waals surface area contributed by atoms with Crippen LogP contribution in [0.4, 0.5) is 0 Å². The summed E-state index contributed by atoms with van der Waals surface area (Å²) in [5, 5.41) is 0. The zero-order chi connectivity index (χ0) is 17.8. The van der Waals surface area contributed by atoms with Crippen LogP contribution in [0.1, 0.15) is 46.1 Å². The third-order valence-corrected chi connectivity index (χ3v) is 3.12. The summed E-state index contributed by atoms with van der Waals surface area (Å²) in [6.45, 7) is 9.71. The summed E-state index contributed by atoms with van der Waals surface area (Å²) in [4.78, 5) is 11.7. The van der Waals surface area contributed by atoms with Gasteiger partial charge < -0.3 is 18.9 Å². The van der Waals surface area contributed by atoms with E-state index in [9.17, 15) is 4.79 Å². The number of hydrogen-bond acceptors (Lipinski definition) is 5. The van der Waals surface area contributed by atoms with Crippen molar-refractivity contribution in [2.24, 2.45) is 0 Å². The van der Waals surface area contributed by atoms with Crippen LogP contribution in [-0.4, -0.2) is 32.4 Å². The second kappa shape index (κ2) is 11.4. The molecule has 0 saturated carbocycles. The van der Waals surface area contributed by atoms with Gasteiger partial charge in [0.2, 0.25) is 5.75 Å². The maximum absolute atomic E-state index is 11.7. The van der Waals surface area contributed by atoms with Crippen LogP contribution in [-0.2, 0) is 9.53 Å². The highest BCUT2D eigenvalue weighted by atomic mass is 16.5. The third kappa shape index (κ3) is 6.14. The Balaban J connectivity index is 3.04. The SMILES string of the molecule is CCCCOC(=O)C=Cc1ccc(OCC)c(OCC)c1OCC. The second-order valence-corrected chi connectivity index (χ2v) is 4.96. The Morgan fingerprint density at radius 1 is 0.958 bits per heavy atom. The van der Waals surface area contributed by atoms with Gasteiger partial charge in [0.25, 0.3) is 0 Å². The lowest BCUT2D eigenvalue weighted by Gasteiger charge is -2.17. The first-order valence-electron chi connectivity index (χ1n) is 8.58. The number of unbranched alkanes of at least 4 members (excludes halogenated alkanes) is 1. The Bertz CT molecular complexity index is 537. The van der Waals surface area contributed by atoms with E-state index in [1.54, 1.807) is 6.08 Å². The van der Waals surface area contributed by atoms with Crippen LogP contribution >= 0.6 is 0 Å². The molecule has 134 valence electrons. The molecule has 0 saturated heterocycles. The fourth-order valence-electron chi connectivity index (χ4n) is 2.06. The monoisotopic (exact) mass is 336 g/mol. The lowest BCUT2D eigenvalue weighted by atomic mass is 10.1. The molecule has 5 heteroatoms. The van der Waals surface area contributed by atoms with Gasteiger partial charge in [-0.1, -0.05) is 13.3 Å². The van der Waals surface area contributed by atoms with Crippen molar-refractivity contribution in [3.05, 3.63) is 23.8 Å². The largest absolute Gasteiger partial charge is 0.490 e. The van der Waals surface area contributed by atoms with Crippen LogP contribution in [0.3, 0.4) is 0 Å². The maximum atomic E-state index is 11.7. The number of esters is 1. The Morgan fingerprint density at radius 2 is 1.62 bits per heavy atom. The van der Waals surface area contributed by atoms with E-state index in [1.165, 1.54) is 6.08 Å². The minimum atomic E-state index is -0.363. The van der Waals surface area contributed by atoms with Crippen LogP contribution in [0.5, 0.6) is 17.2 Å². The Hall–Kier alpha value is -2.17. The highest BCUT2D eigenvalue weighted by Gasteiger charge is 2.16. The van der Waals surface area contributed by atoms with E-state index in [-0.39, 0.29) is 5.97 Å². The van der Waals surface area contributed by atoms with E-state index >= 15 is 0 Å². The van der Waals surface area contributed by atoms with Gasteiger partial charge >= 0.3 is 5.97 Å². The first-order valence-corrected chi connectivity index (χ1v) is 8.58. The predicted octanol–water partition coefficient (Wildman–Crippen LogP) is 4.24.